The smallest absolute Gasteiger partial charge is 0.326 e. The second kappa shape index (κ2) is 2.46. The molecule has 12 heavy (non-hydrogen) atoms. The average molecular weight is 169 g/mol. The molecule has 0 aliphatic heterocycles. The molecular weight excluding hydrogens is 154 g/mol. The van der Waals surface area contributed by atoms with E-state index in [-0.39, 0.29) is 5.97 Å². The molecule has 0 amide bonds. The first-order valence-electron chi connectivity index (χ1n) is 4.64. The van der Waals surface area contributed by atoms with Crippen LogP contribution in [0.15, 0.2) is 0 Å². The van der Waals surface area contributed by atoms with Crippen LogP contribution in [-0.2, 0) is 9.53 Å². The number of esters is 1. The minimum absolute atomic E-state index is 0.193. The van der Waals surface area contributed by atoms with Gasteiger partial charge in [-0.2, -0.15) is 0 Å². The molecule has 0 saturated heterocycles. The molecule has 3 nitrogen and oxygen atoms in total. The molecule has 0 aromatic heterocycles. The molecule has 0 spiro atoms. The van der Waals surface area contributed by atoms with Crippen molar-refractivity contribution in [3.8, 4) is 0 Å². The van der Waals surface area contributed by atoms with E-state index in [0.717, 1.165) is 12.3 Å². The van der Waals surface area contributed by atoms with Gasteiger partial charge in [-0.05, 0) is 38.0 Å². The van der Waals surface area contributed by atoms with E-state index < -0.39 is 5.54 Å². The summed E-state index contributed by atoms with van der Waals surface area (Å²) < 4.78 is 4.91. The first kappa shape index (κ1) is 8.05. The molecule has 68 valence electrons. The predicted octanol–water partition coefficient (Wildman–Crippen LogP) is 0.677. The second-order valence-electron chi connectivity index (χ2n) is 3.91. The van der Waals surface area contributed by atoms with Crippen molar-refractivity contribution in [2.24, 2.45) is 17.6 Å². The Bertz CT molecular complexity index is 213. The molecule has 0 unspecified atom stereocenters. The minimum Gasteiger partial charge on any atom is -0.465 e. The lowest BCUT2D eigenvalue weighted by molar-refractivity contribution is -0.146. The van der Waals surface area contributed by atoms with Crippen molar-refractivity contribution in [3.63, 3.8) is 0 Å². The predicted molar refractivity (Wildman–Crippen MR) is 44.4 cm³/mol. The SMILES string of the molecule is CCOC(=O)[C@@]1(N)C[C@H]1C1CC1. The molecule has 0 aromatic rings. The van der Waals surface area contributed by atoms with Gasteiger partial charge in [-0.3, -0.25) is 4.79 Å². The summed E-state index contributed by atoms with van der Waals surface area (Å²) in [5.41, 5.74) is 5.29. The van der Waals surface area contributed by atoms with E-state index in [1.54, 1.807) is 0 Å². The third-order valence-corrected chi connectivity index (χ3v) is 2.91. The first-order chi connectivity index (χ1) is 5.68. The van der Waals surface area contributed by atoms with Crippen LogP contribution in [0.3, 0.4) is 0 Å². The largest absolute Gasteiger partial charge is 0.465 e. The van der Waals surface area contributed by atoms with Gasteiger partial charge >= 0.3 is 5.97 Å². The third kappa shape index (κ3) is 1.12. The van der Waals surface area contributed by atoms with Crippen LogP contribution in [0.5, 0.6) is 0 Å². The van der Waals surface area contributed by atoms with Gasteiger partial charge in [0, 0.05) is 0 Å². The molecule has 2 atom stereocenters. The summed E-state index contributed by atoms with van der Waals surface area (Å²) >= 11 is 0. The van der Waals surface area contributed by atoms with Crippen LogP contribution in [0, 0.1) is 11.8 Å². The lowest BCUT2D eigenvalue weighted by Gasteiger charge is -2.09. The molecule has 0 radical (unpaired) electrons. The van der Waals surface area contributed by atoms with E-state index in [9.17, 15) is 4.79 Å². The maximum absolute atomic E-state index is 11.3. The summed E-state index contributed by atoms with van der Waals surface area (Å²) in [7, 11) is 0. The molecule has 2 saturated carbocycles. The summed E-state index contributed by atoms with van der Waals surface area (Å²) in [6, 6.07) is 0. The molecule has 2 N–H and O–H groups in total. The van der Waals surface area contributed by atoms with Crippen LogP contribution < -0.4 is 5.73 Å². The summed E-state index contributed by atoms with van der Waals surface area (Å²) in [5.74, 6) is 0.956. The zero-order chi connectivity index (χ0) is 8.77. The molecule has 3 heteroatoms. The molecule has 2 rings (SSSR count). The van der Waals surface area contributed by atoms with Crippen LogP contribution in [0.4, 0.5) is 0 Å². The Morgan fingerprint density at radius 2 is 2.33 bits per heavy atom. The standard InChI is InChI=1S/C9H15NO2/c1-2-12-8(11)9(10)5-7(9)6-3-4-6/h6-7H,2-5,10H2,1H3/t7-,9+/m0/s1. The lowest BCUT2D eigenvalue weighted by atomic mass is 10.1. The molecule has 2 fully saturated rings. The molecule has 0 aromatic carbocycles. The van der Waals surface area contributed by atoms with Crippen LogP contribution in [0.1, 0.15) is 26.2 Å². The van der Waals surface area contributed by atoms with Crippen molar-refractivity contribution in [2.75, 3.05) is 6.61 Å². The second-order valence-corrected chi connectivity index (χ2v) is 3.91. The Balaban J connectivity index is 1.91. The molecule has 0 heterocycles. The van der Waals surface area contributed by atoms with Gasteiger partial charge in [0.05, 0.1) is 6.61 Å². The highest BCUT2D eigenvalue weighted by atomic mass is 16.5. The fourth-order valence-electron chi connectivity index (χ4n) is 1.89. The van der Waals surface area contributed by atoms with Gasteiger partial charge in [0.2, 0.25) is 0 Å². The van der Waals surface area contributed by atoms with Gasteiger partial charge in [0.25, 0.3) is 0 Å². The van der Waals surface area contributed by atoms with Gasteiger partial charge < -0.3 is 10.5 Å². The van der Waals surface area contributed by atoms with Crippen LogP contribution in [0.25, 0.3) is 0 Å². The number of carbonyl (C=O) groups excluding carboxylic acids is 1. The molecular formula is C9H15NO2. The van der Waals surface area contributed by atoms with E-state index in [4.69, 9.17) is 10.5 Å². The zero-order valence-corrected chi connectivity index (χ0v) is 7.38. The number of nitrogens with two attached hydrogens (primary N) is 1. The van der Waals surface area contributed by atoms with Gasteiger partial charge in [-0.1, -0.05) is 0 Å². The van der Waals surface area contributed by atoms with Crippen molar-refractivity contribution in [3.05, 3.63) is 0 Å². The van der Waals surface area contributed by atoms with Crippen LogP contribution in [-0.4, -0.2) is 18.1 Å². The normalized spacial score (nSPS) is 39.3. The number of hydrogen-bond acceptors (Lipinski definition) is 3. The maximum Gasteiger partial charge on any atom is 0.326 e. The number of hydrogen-bond donors (Lipinski definition) is 1. The highest BCUT2D eigenvalue weighted by molar-refractivity contribution is 5.85. The number of ether oxygens (including phenoxy) is 1. The van der Waals surface area contributed by atoms with Crippen molar-refractivity contribution in [1.29, 1.82) is 0 Å². The van der Waals surface area contributed by atoms with Crippen molar-refractivity contribution in [2.45, 2.75) is 31.7 Å². The highest BCUT2D eigenvalue weighted by Gasteiger charge is 2.63. The Morgan fingerprint density at radius 3 is 2.83 bits per heavy atom. The number of carbonyl (C=O) groups is 1. The minimum atomic E-state index is -0.600. The molecule has 2 aliphatic rings. The van der Waals surface area contributed by atoms with Crippen LogP contribution in [0.2, 0.25) is 0 Å². The fraction of sp³-hybridized carbons (Fsp3) is 0.889. The average Bonchev–Trinajstić information content (AvgIpc) is 2.81. The summed E-state index contributed by atoms with van der Waals surface area (Å²) in [5, 5.41) is 0. The summed E-state index contributed by atoms with van der Waals surface area (Å²) in [6.07, 6.45) is 3.35. The summed E-state index contributed by atoms with van der Waals surface area (Å²) in [6.45, 7) is 2.25. The third-order valence-electron chi connectivity index (χ3n) is 2.91. The Morgan fingerprint density at radius 1 is 1.67 bits per heavy atom. The van der Waals surface area contributed by atoms with E-state index in [1.165, 1.54) is 12.8 Å². The quantitative estimate of drug-likeness (QED) is 0.632. The molecule has 0 bridgehead atoms. The zero-order valence-electron chi connectivity index (χ0n) is 7.38. The van der Waals surface area contributed by atoms with Gasteiger partial charge in [-0.25, -0.2) is 0 Å². The van der Waals surface area contributed by atoms with E-state index in [0.29, 0.717) is 12.5 Å². The van der Waals surface area contributed by atoms with E-state index in [1.807, 2.05) is 6.92 Å². The monoisotopic (exact) mass is 169 g/mol. The van der Waals surface area contributed by atoms with Crippen molar-refractivity contribution < 1.29 is 9.53 Å². The Hall–Kier alpha value is -0.570. The Labute approximate surface area is 72.3 Å². The van der Waals surface area contributed by atoms with Gasteiger partial charge in [-0.15, -0.1) is 0 Å². The Kier molecular flexibility index (Phi) is 1.65. The lowest BCUT2D eigenvalue weighted by Crippen LogP contribution is -2.37. The maximum atomic E-state index is 11.3. The number of rotatable bonds is 3. The van der Waals surface area contributed by atoms with E-state index >= 15 is 0 Å². The highest BCUT2D eigenvalue weighted by Crippen LogP contribution is 2.56. The summed E-state index contributed by atoms with van der Waals surface area (Å²) in [4.78, 5) is 11.3. The van der Waals surface area contributed by atoms with Crippen molar-refractivity contribution >= 4 is 5.97 Å². The topological polar surface area (TPSA) is 52.3 Å². The van der Waals surface area contributed by atoms with Crippen molar-refractivity contribution in [1.82, 2.24) is 0 Å². The van der Waals surface area contributed by atoms with E-state index in [2.05, 4.69) is 0 Å². The van der Waals surface area contributed by atoms with Gasteiger partial charge in [0.15, 0.2) is 0 Å². The fourth-order valence-corrected chi connectivity index (χ4v) is 1.89. The van der Waals surface area contributed by atoms with Crippen LogP contribution >= 0.6 is 0 Å². The first-order valence-corrected chi connectivity index (χ1v) is 4.64. The molecule has 2 aliphatic carbocycles. The van der Waals surface area contributed by atoms with Gasteiger partial charge in [0.1, 0.15) is 5.54 Å².